The molecule has 156 valence electrons. The molecule has 0 N–H and O–H groups in total. The number of carbonyl (C=O) groups excluding carboxylic acids is 1. The Kier molecular flexibility index (Phi) is 6.93. The number of hydrogen-bond donors (Lipinski definition) is 0. The maximum atomic E-state index is 13.0. The van der Waals surface area contributed by atoms with E-state index in [9.17, 15) is 9.59 Å². The van der Waals surface area contributed by atoms with Crippen molar-refractivity contribution in [2.24, 2.45) is 0 Å². The van der Waals surface area contributed by atoms with E-state index in [-0.39, 0.29) is 17.0 Å². The lowest BCUT2D eigenvalue weighted by Gasteiger charge is -2.21. The van der Waals surface area contributed by atoms with Gasteiger partial charge in [-0.05, 0) is 49.1 Å². The van der Waals surface area contributed by atoms with Gasteiger partial charge in [0.05, 0.1) is 20.8 Å². The summed E-state index contributed by atoms with van der Waals surface area (Å²) in [5.41, 5.74) is 1.72. The van der Waals surface area contributed by atoms with E-state index in [1.165, 1.54) is 0 Å². The van der Waals surface area contributed by atoms with Crippen molar-refractivity contribution in [2.75, 3.05) is 40.5 Å². The van der Waals surface area contributed by atoms with Crippen LogP contribution in [0.5, 0.6) is 11.5 Å². The van der Waals surface area contributed by atoms with Gasteiger partial charge in [0, 0.05) is 32.4 Å². The quantitative estimate of drug-likeness (QED) is 0.744. The third kappa shape index (κ3) is 4.79. The molecule has 1 fully saturated rings. The third-order valence-electron chi connectivity index (χ3n) is 5.19. The maximum absolute atomic E-state index is 13.0. The second-order valence-electron chi connectivity index (χ2n) is 7.07. The number of aromatic nitrogens is 1. The average Bonchev–Trinajstić information content (AvgIpc) is 3.02. The molecule has 0 aliphatic carbocycles. The molecule has 1 saturated heterocycles. The molecular formula is C22H28N2O5. The van der Waals surface area contributed by atoms with Gasteiger partial charge in [-0.3, -0.25) is 9.59 Å². The van der Waals surface area contributed by atoms with Gasteiger partial charge in [-0.25, -0.2) is 0 Å². The zero-order valence-electron chi connectivity index (χ0n) is 17.3. The summed E-state index contributed by atoms with van der Waals surface area (Å²) in [6.07, 6.45) is 3.17. The van der Waals surface area contributed by atoms with Crippen molar-refractivity contribution in [3.8, 4) is 11.5 Å². The first-order chi connectivity index (χ1) is 14.0. The van der Waals surface area contributed by atoms with Crippen molar-refractivity contribution < 1.29 is 19.0 Å². The van der Waals surface area contributed by atoms with Gasteiger partial charge in [0.15, 0.2) is 11.5 Å². The molecule has 0 radical (unpaired) electrons. The summed E-state index contributed by atoms with van der Waals surface area (Å²) in [5, 5.41) is 0. The van der Waals surface area contributed by atoms with Gasteiger partial charge < -0.3 is 23.7 Å². The smallest absolute Gasteiger partial charge is 0.263 e. The van der Waals surface area contributed by atoms with Gasteiger partial charge >= 0.3 is 0 Å². The Labute approximate surface area is 170 Å². The molecule has 0 unspecified atom stereocenters. The minimum atomic E-state index is -0.249. The molecule has 1 aromatic heterocycles. The van der Waals surface area contributed by atoms with E-state index in [4.69, 9.17) is 14.2 Å². The molecular weight excluding hydrogens is 372 g/mol. The molecule has 3 rings (SSSR count). The summed E-state index contributed by atoms with van der Waals surface area (Å²) in [6, 6.07) is 7.53. The van der Waals surface area contributed by atoms with Crippen LogP contribution in [0.3, 0.4) is 0 Å². The summed E-state index contributed by atoms with van der Waals surface area (Å²) >= 11 is 0. The molecule has 1 amide bonds. The minimum Gasteiger partial charge on any atom is -0.493 e. The summed E-state index contributed by atoms with van der Waals surface area (Å²) in [6.45, 7) is 4.55. The summed E-state index contributed by atoms with van der Waals surface area (Å²) in [7, 11) is 3.19. The zero-order chi connectivity index (χ0) is 20.8. The second kappa shape index (κ2) is 9.60. The standard InChI is InChI=1S/C22H28N2O5/c1-16-7-10-24(11-8-17-5-6-18(27-2)19(15-17)28-3)22(26)20(16)21(25)23-9-4-13-29-14-12-23/h5-7,10,15H,4,8-9,11-14H2,1-3H3. The van der Waals surface area contributed by atoms with Crippen molar-refractivity contribution in [3.63, 3.8) is 0 Å². The molecule has 1 aromatic carbocycles. The van der Waals surface area contributed by atoms with Crippen molar-refractivity contribution >= 4 is 5.91 Å². The number of rotatable bonds is 6. The third-order valence-corrected chi connectivity index (χ3v) is 5.19. The van der Waals surface area contributed by atoms with Crippen LogP contribution in [0, 0.1) is 6.92 Å². The van der Waals surface area contributed by atoms with E-state index in [1.54, 1.807) is 29.9 Å². The van der Waals surface area contributed by atoms with Gasteiger partial charge in [0.25, 0.3) is 11.5 Å². The lowest BCUT2D eigenvalue weighted by molar-refractivity contribution is 0.0738. The van der Waals surface area contributed by atoms with Crippen LogP contribution in [0.1, 0.15) is 27.9 Å². The topological polar surface area (TPSA) is 70.0 Å². The highest BCUT2D eigenvalue weighted by atomic mass is 16.5. The van der Waals surface area contributed by atoms with Gasteiger partial charge in [0.2, 0.25) is 0 Å². The number of aryl methyl sites for hydroxylation is 3. The lowest BCUT2D eigenvalue weighted by atomic mass is 10.1. The monoisotopic (exact) mass is 400 g/mol. The van der Waals surface area contributed by atoms with Crippen molar-refractivity contribution in [1.29, 1.82) is 0 Å². The lowest BCUT2D eigenvalue weighted by Crippen LogP contribution is -2.39. The highest BCUT2D eigenvalue weighted by molar-refractivity contribution is 5.95. The maximum Gasteiger partial charge on any atom is 0.263 e. The highest BCUT2D eigenvalue weighted by Gasteiger charge is 2.23. The number of benzene rings is 1. The largest absolute Gasteiger partial charge is 0.493 e. The molecule has 1 aliphatic rings. The van der Waals surface area contributed by atoms with Crippen LogP contribution in [-0.4, -0.2) is 55.9 Å². The number of amides is 1. The van der Waals surface area contributed by atoms with Crippen LogP contribution in [0.25, 0.3) is 0 Å². The highest BCUT2D eigenvalue weighted by Crippen LogP contribution is 2.27. The Morgan fingerprint density at radius 2 is 1.90 bits per heavy atom. The van der Waals surface area contributed by atoms with Gasteiger partial charge in [-0.2, -0.15) is 0 Å². The fraction of sp³-hybridized carbons (Fsp3) is 0.455. The number of hydrogen-bond acceptors (Lipinski definition) is 5. The van der Waals surface area contributed by atoms with E-state index < -0.39 is 0 Å². The molecule has 2 aromatic rings. The molecule has 7 nitrogen and oxygen atoms in total. The van der Waals surface area contributed by atoms with Crippen molar-refractivity contribution in [1.82, 2.24) is 9.47 Å². The fourth-order valence-corrected chi connectivity index (χ4v) is 3.49. The number of methoxy groups -OCH3 is 2. The Balaban J connectivity index is 1.80. The minimum absolute atomic E-state index is 0.210. The molecule has 1 aliphatic heterocycles. The predicted molar refractivity (Wildman–Crippen MR) is 110 cm³/mol. The molecule has 0 saturated carbocycles. The van der Waals surface area contributed by atoms with Crippen LogP contribution in [0.2, 0.25) is 0 Å². The fourth-order valence-electron chi connectivity index (χ4n) is 3.49. The number of carbonyl (C=O) groups is 1. The molecule has 0 bridgehead atoms. The number of pyridine rings is 1. The normalized spacial score (nSPS) is 14.4. The summed E-state index contributed by atoms with van der Waals surface area (Å²) in [5.74, 6) is 1.11. The van der Waals surface area contributed by atoms with E-state index >= 15 is 0 Å². The SMILES string of the molecule is COc1ccc(CCn2ccc(C)c(C(=O)N3CCCOCC3)c2=O)cc1OC. The van der Waals surface area contributed by atoms with Gasteiger partial charge in [-0.1, -0.05) is 6.07 Å². The molecule has 29 heavy (non-hydrogen) atoms. The van der Waals surface area contributed by atoms with E-state index in [0.29, 0.717) is 56.3 Å². The second-order valence-corrected chi connectivity index (χ2v) is 7.07. The Hall–Kier alpha value is -2.80. The number of nitrogens with zero attached hydrogens (tertiary/aromatic N) is 2. The van der Waals surface area contributed by atoms with Crippen molar-refractivity contribution in [2.45, 2.75) is 26.3 Å². The van der Waals surface area contributed by atoms with Crippen molar-refractivity contribution in [3.05, 3.63) is 57.5 Å². The van der Waals surface area contributed by atoms with Crippen LogP contribution in [0.4, 0.5) is 0 Å². The zero-order valence-corrected chi connectivity index (χ0v) is 17.3. The van der Waals surface area contributed by atoms with E-state index in [0.717, 1.165) is 12.0 Å². The van der Waals surface area contributed by atoms with Crippen LogP contribution in [0.15, 0.2) is 35.3 Å². The van der Waals surface area contributed by atoms with Crippen LogP contribution >= 0.6 is 0 Å². The predicted octanol–water partition coefficient (Wildman–Crippen LogP) is 2.28. The Morgan fingerprint density at radius 3 is 2.66 bits per heavy atom. The molecule has 0 spiro atoms. The van der Waals surface area contributed by atoms with Crippen LogP contribution < -0.4 is 15.0 Å². The summed E-state index contributed by atoms with van der Waals surface area (Å²) in [4.78, 5) is 27.8. The van der Waals surface area contributed by atoms with Crippen LogP contribution in [-0.2, 0) is 17.7 Å². The molecule has 2 heterocycles. The Morgan fingerprint density at radius 1 is 1.10 bits per heavy atom. The van der Waals surface area contributed by atoms with Gasteiger partial charge in [-0.15, -0.1) is 0 Å². The Bertz CT molecular complexity index is 914. The molecule has 7 heteroatoms. The van der Waals surface area contributed by atoms with E-state index in [2.05, 4.69) is 0 Å². The first-order valence-corrected chi connectivity index (χ1v) is 9.83. The summed E-state index contributed by atoms with van der Waals surface area (Å²) < 4.78 is 17.6. The number of ether oxygens (including phenoxy) is 3. The first kappa shape index (κ1) is 20.9. The average molecular weight is 400 g/mol. The van der Waals surface area contributed by atoms with E-state index in [1.807, 2.05) is 31.2 Å². The van der Waals surface area contributed by atoms with Gasteiger partial charge in [0.1, 0.15) is 5.56 Å². The first-order valence-electron chi connectivity index (χ1n) is 9.83. The molecule has 0 atom stereocenters.